The zero-order valence-corrected chi connectivity index (χ0v) is 15.9. The average Bonchev–Trinajstić information content (AvgIpc) is 3.11. The Morgan fingerprint density at radius 2 is 2.07 bits per heavy atom. The van der Waals surface area contributed by atoms with Gasteiger partial charge in [-0.3, -0.25) is 4.79 Å². The van der Waals surface area contributed by atoms with Crippen molar-refractivity contribution in [2.24, 2.45) is 5.92 Å². The Kier molecular flexibility index (Phi) is 4.68. The molecule has 0 aliphatic carbocycles. The fourth-order valence-electron chi connectivity index (χ4n) is 3.18. The number of ether oxygens (including phenoxy) is 2. The molecule has 0 radical (unpaired) electrons. The second-order valence-electron chi connectivity index (χ2n) is 6.43. The predicted molar refractivity (Wildman–Crippen MR) is 103 cm³/mol. The number of nitrogens with zero attached hydrogens (tertiary/aromatic N) is 6. The van der Waals surface area contributed by atoms with Crippen molar-refractivity contribution >= 4 is 28.6 Å². The molecule has 1 aliphatic rings. The van der Waals surface area contributed by atoms with E-state index in [0.29, 0.717) is 53.8 Å². The lowest BCUT2D eigenvalue weighted by atomic mass is 9.99. The molecule has 28 heavy (non-hydrogen) atoms. The van der Waals surface area contributed by atoms with Crippen LogP contribution in [0.3, 0.4) is 0 Å². The number of rotatable bonds is 6. The van der Waals surface area contributed by atoms with Crippen LogP contribution >= 0.6 is 0 Å². The number of aryl methyl sites for hydroxylation is 1. The Balaban J connectivity index is 1.44. The largest absolute Gasteiger partial charge is 0.497 e. The molecule has 2 aromatic heterocycles. The number of aromatic nitrogens is 5. The van der Waals surface area contributed by atoms with Crippen molar-refractivity contribution in [3.05, 3.63) is 24.5 Å². The summed E-state index contributed by atoms with van der Waals surface area (Å²) in [5.41, 5.74) is 1.96. The third-order valence-corrected chi connectivity index (χ3v) is 4.80. The van der Waals surface area contributed by atoms with Crippen LogP contribution in [-0.4, -0.2) is 58.2 Å². The summed E-state index contributed by atoms with van der Waals surface area (Å²) < 4.78 is 12.2. The third-order valence-electron chi connectivity index (χ3n) is 4.80. The topological polar surface area (TPSA) is 107 Å². The minimum Gasteiger partial charge on any atom is -0.497 e. The van der Waals surface area contributed by atoms with Gasteiger partial charge in [0.15, 0.2) is 17.0 Å². The van der Waals surface area contributed by atoms with Crippen LogP contribution in [0.2, 0.25) is 0 Å². The lowest BCUT2D eigenvalue weighted by Gasteiger charge is -2.38. The van der Waals surface area contributed by atoms with E-state index < -0.39 is 0 Å². The lowest BCUT2D eigenvalue weighted by molar-refractivity contribution is -0.120. The first-order valence-electron chi connectivity index (χ1n) is 8.96. The number of methoxy groups -OCH3 is 2. The molecule has 0 unspecified atom stereocenters. The fourth-order valence-corrected chi connectivity index (χ4v) is 3.18. The molecule has 1 amide bonds. The van der Waals surface area contributed by atoms with Gasteiger partial charge in [-0.2, -0.15) is 0 Å². The van der Waals surface area contributed by atoms with E-state index in [1.807, 2.05) is 11.8 Å². The Morgan fingerprint density at radius 3 is 2.79 bits per heavy atom. The van der Waals surface area contributed by atoms with Crippen LogP contribution in [0.5, 0.6) is 11.5 Å². The SMILES string of the molecule is CCn1nnc2c(N3CC(C(=O)Nc4ccc(OC)cc4OC)C3)ncnc21. The molecule has 1 aliphatic heterocycles. The van der Waals surface area contributed by atoms with Gasteiger partial charge in [0.25, 0.3) is 0 Å². The standard InChI is InChI=1S/C18H21N7O3/c1-4-25-17-15(22-23-25)16(19-10-20-17)24-8-11(9-24)18(26)21-13-6-5-12(27-2)7-14(13)28-3/h5-7,10-11H,4,8-9H2,1-3H3,(H,21,26). The van der Waals surface area contributed by atoms with Gasteiger partial charge in [-0.1, -0.05) is 5.21 Å². The quantitative estimate of drug-likeness (QED) is 0.679. The van der Waals surface area contributed by atoms with E-state index in [0.717, 1.165) is 0 Å². The number of hydrogen-bond acceptors (Lipinski definition) is 8. The van der Waals surface area contributed by atoms with E-state index in [-0.39, 0.29) is 11.8 Å². The number of hydrogen-bond donors (Lipinski definition) is 1. The first-order valence-corrected chi connectivity index (χ1v) is 8.96. The zero-order chi connectivity index (χ0) is 19.7. The van der Waals surface area contributed by atoms with Crippen LogP contribution in [0.15, 0.2) is 24.5 Å². The van der Waals surface area contributed by atoms with Crippen molar-refractivity contribution in [2.45, 2.75) is 13.5 Å². The first kappa shape index (κ1) is 18.0. The number of fused-ring (bicyclic) bond motifs is 1. The minimum absolute atomic E-state index is 0.0674. The summed E-state index contributed by atoms with van der Waals surface area (Å²) in [5.74, 6) is 1.70. The Bertz CT molecular complexity index is 1010. The zero-order valence-electron chi connectivity index (χ0n) is 15.9. The fraction of sp³-hybridized carbons (Fsp3) is 0.389. The lowest BCUT2D eigenvalue weighted by Crippen LogP contribution is -2.52. The van der Waals surface area contributed by atoms with Gasteiger partial charge in [-0.25, -0.2) is 14.6 Å². The highest BCUT2D eigenvalue weighted by Crippen LogP contribution is 2.31. The van der Waals surface area contributed by atoms with E-state index in [9.17, 15) is 4.79 Å². The van der Waals surface area contributed by atoms with Crippen molar-refractivity contribution in [3.63, 3.8) is 0 Å². The molecule has 1 fully saturated rings. The van der Waals surface area contributed by atoms with Crippen molar-refractivity contribution in [1.82, 2.24) is 25.0 Å². The molecule has 0 bridgehead atoms. The molecule has 0 saturated carbocycles. The van der Waals surface area contributed by atoms with Crippen LogP contribution in [0.25, 0.3) is 11.2 Å². The van der Waals surface area contributed by atoms with E-state index in [1.54, 1.807) is 37.1 Å². The van der Waals surface area contributed by atoms with Gasteiger partial charge < -0.3 is 19.7 Å². The molecule has 0 spiro atoms. The van der Waals surface area contributed by atoms with Crippen LogP contribution in [0, 0.1) is 5.92 Å². The van der Waals surface area contributed by atoms with Gasteiger partial charge in [-0.05, 0) is 19.1 Å². The van der Waals surface area contributed by atoms with Gasteiger partial charge in [0.2, 0.25) is 5.91 Å². The van der Waals surface area contributed by atoms with E-state index in [2.05, 4.69) is 25.6 Å². The number of benzene rings is 1. The minimum atomic E-state index is -0.155. The second-order valence-corrected chi connectivity index (χ2v) is 6.43. The Hall–Kier alpha value is -3.43. The van der Waals surface area contributed by atoms with E-state index >= 15 is 0 Å². The maximum atomic E-state index is 12.6. The normalized spacial score (nSPS) is 14.0. The Labute approximate surface area is 161 Å². The molecule has 1 aromatic carbocycles. The summed E-state index contributed by atoms with van der Waals surface area (Å²) in [5, 5.41) is 11.2. The maximum absolute atomic E-state index is 12.6. The average molecular weight is 383 g/mol. The van der Waals surface area contributed by atoms with Gasteiger partial charge >= 0.3 is 0 Å². The van der Waals surface area contributed by atoms with Crippen molar-refractivity contribution in [3.8, 4) is 11.5 Å². The summed E-state index contributed by atoms with van der Waals surface area (Å²) in [6.45, 7) is 3.76. The van der Waals surface area contributed by atoms with Crippen LogP contribution in [0.4, 0.5) is 11.5 Å². The van der Waals surface area contributed by atoms with Gasteiger partial charge in [0.1, 0.15) is 17.8 Å². The molecule has 3 heterocycles. The maximum Gasteiger partial charge on any atom is 0.231 e. The molecular formula is C18H21N7O3. The first-order chi connectivity index (χ1) is 13.6. The van der Waals surface area contributed by atoms with Crippen molar-refractivity contribution in [2.75, 3.05) is 37.5 Å². The number of amides is 1. The highest BCUT2D eigenvalue weighted by Gasteiger charge is 2.35. The summed E-state index contributed by atoms with van der Waals surface area (Å²) in [4.78, 5) is 23.2. The van der Waals surface area contributed by atoms with E-state index in [1.165, 1.54) is 6.33 Å². The smallest absolute Gasteiger partial charge is 0.231 e. The second kappa shape index (κ2) is 7.29. The Morgan fingerprint density at radius 1 is 1.25 bits per heavy atom. The molecule has 3 aromatic rings. The predicted octanol–water partition coefficient (Wildman–Crippen LogP) is 1.33. The number of anilines is 2. The molecular weight excluding hydrogens is 362 g/mol. The highest BCUT2D eigenvalue weighted by atomic mass is 16.5. The summed E-state index contributed by atoms with van der Waals surface area (Å²) in [7, 11) is 3.14. The summed E-state index contributed by atoms with van der Waals surface area (Å²) in [6, 6.07) is 5.28. The molecule has 146 valence electrons. The summed E-state index contributed by atoms with van der Waals surface area (Å²) >= 11 is 0. The van der Waals surface area contributed by atoms with Gasteiger partial charge in [-0.15, -0.1) is 5.10 Å². The van der Waals surface area contributed by atoms with E-state index in [4.69, 9.17) is 9.47 Å². The monoisotopic (exact) mass is 383 g/mol. The summed E-state index contributed by atoms with van der Waals surface area (Å²) in [6.07, 6.45) is 1.50. The molecule has 1 N–H and O–H groups in total. The molecule has 1 saturated heterocycles. The van der Waals surface area contributed by atoms with Crippen molar-refractivity contribution < 1.29 is 14.3 Å². The van der Waals surface area contributed by atoms with Crippen LogP contribution < -0.4 is 19.7 Å². The van der Waals surface area contributed by atoms with Gasteiger partial charge in [0, 0.05) is 25.7 Å². The van der Waals surface area contributed by atoms with Crippen LogP contribution in [0.1, 0.15) is 6.92 Å². The molecule has 10 heteroatoms. The highest BCUT2D eigenvalue weighted by molar-refractivity contribution is 5.96. The molecule has 10 nitrogen and oxygen atoms in total. The number of nitrogens with one attached hydrogen (secondary N) is 1. The molecule has 0 atom stereocenters. The van der Waals surface area contributed by atoms with Gasteiger partial charge in [0.05, 0.1) is 25.8 Å². The van der Waals surface area contributed by atoms with Crippen molar-refractivity contribution in [1.29, 1.82) is 0 Å². The number of carbonyl (C=O) groups is 1. The van der Waals surface area contributed by atoms with Crippen LogP contribution in [-0.2, 0) is 11.3 Å². The number of carbonyl (C=O) groups excluding carboxylic acids is 1. The third kappa shape index (κ3) is 3.06. The molecule has 4 rings (SSSR count).